The molecule has 1 aromatic heterocycles. The minimum Gasteiger partial charge on any atom is -0.466 e. The van der Waals surface area contributed by atoms with Crippen LogP contribution in [0.3, 0.4) is 0 Å². The number of halogens is 1. The monoisotopic (exact) mass is 506 g/mol. The minimum absolute atomic E-state index is 0.000681. The normalized spacial score (nSPS) is 14.6. The Kier molecular flexibility index (Phi) is 8.01. The number of hydrogen-bond acceptors (Lipinski definition) is 8. The Morgan fingerprint density at radius 3 is 2.54 bits per heavy atom. The van der Waals surface area contributed by atoms with Crippen molar-refractivity contribution in [2.45, 2.75) is 53.0 Å². The Morgan fingerprint density at radius 2 is 1.81 bits per heavy atom. The molecule has 37 heavy (non-hydrogen) atoms. The highest BCUT2D eigenvalue weighted by molar-refractivity contribution is 5.79. The molecule has 0 fully saturated rings. The molecule has 0 amide bonds. The molecule has 1 aliphatic heterocycles. The average Bonchev–Trinajstić information content (AvgIpc) is 2.87. The Bertz CT molecular complexity index is 1300. The predicted molar refractivity (Wildman–Crippen MR) is 139 cm³/mol. The SMILES string of the molecule is CCOC(=O)CCC(=O)Oc1ccc2c(c1)CCN(c1nc(Nc3ccc(F)cc3)nc(C)c1C)C2C. The molecule has 9 heteroatoms. The highest BCUT2D eigenvalue weighted by Crippen LogP contribution is 2.36. The van der Waals surface area contributed by atoms with Gasteiger partial charge in [0, 0.05) is 23.5 Å². The quantitative estimate of drug-likeness (QED) is 0.323. The molecular weight excluding hydrogens is 475 g/mol. The van der Waals surface area contributed by atoms with Crippen LogP contribution in [-0.2, 0) is 20.7 Å². The van der Waals surface area contributed by atoms with Crippen molar-refractivity contribution in [3.63, 3.8) is 0 Å². The number of hydrogen-bond donors (Lipinski definition) is 1. The maximum Gasteiger partial charge on any atom is 0.311 e. The number of esters is 2. The van der Waals surface area contributed by atoms with Crippen LogP contribution in [0.15, 0.2) is 42.5 Å². The van der Waals surface area contributed by atoms with Crippen molar-refractivity contribution >= 4 is 29.4 Å². The molecule has 2 aromatic carbocycles. The molecule has 4 rings (SSSR count). The van der Waals surface area contributed by atoms with Crippen LogP contribution in [0, 0.1) is 19.7 Å². The van der Waals surface area contributed by atoms with E-state index >= 15 is 0 Å². The lowest BCUT2D eigenvalue weighted by molar-refractivity contribution is -0.146. The van der Waals surface area contributed by atoms with Gasteiger partial charge in [0.1, 0.15) is 17.4 Å². The molecule has 0 spiro atoms. The van der Waals surface area contributed by atoms with Gasteiger partial charge in [-0.3, -0.25) is 9.59 Å². The number of rotatable bonds is 8. The highest BCUT2D eigenvalue weighted by Gasteiger charge is 2.27. The van der Waals surface area contributed by atoms with Crippen molar-refractivity contribution in [2.24, 2.45) is 0 Å². The third-order valence-electron chi connectivity index (χ3n) is 6.46. The number of nitrogens with one attached hydrogen (secondary N) is 1. The lowest BCUT2D eigenvalue weighted by atomic mass is 9.93. The summed E-state index contributed by atoms with van der Waals surface area (Å²) in [5.74, 6) is 0.574. The van der Waals surface area contributed by atoms with Crippen molar-refractivity contribution in [2.75, 3.05) is 23.4 Å². The van der Waals surface area contributed by atoms with E-state index in [0.29, 0.717) is 17.4 Å². The molecule has 1 atom stereocenters. The fourth-order valence-electron chi connectivity index (χ4n) is 4.39. The fourth-order valence-corrected chi connectivity index (χ4v) is 4.39. The van der Waals surface area contributed by atoms with Gasteiger partial charge in [-0.2, -0.15) is 4.98 Å². The van der Waals surface area contributed by atoms with E-state index < -0.39 is 11.9 Å². The van der Waals surface area contributed by atoms with Crippen LogP contribution in [0.1, 0.15) is 55.1 Å². The summed E-state index contributed by atoms with van der Waals surface area (Å²) in [6.45, 7) is 8.81. The van der Waals surface area contributed by atoms with Crippen molar-refractivity contribution in [1.82, 2.24) is 9.97 Å². The van der Waals surface area contributed by atoms with E-state index in [1.165, 1.54) is 12.1 Å². The number of ether oxygens (including phenoxy) is 2. The molecule has 0 aliphatic carbocycles. The van der Waals surface area contributed by atoms with Gasteiger partial charge in [-0.25, -0.2) is 9.37 Å². The summed E-state index contributed by atoms with van der Waals surface area (Å²) < 4.78 is 23.6. The second kappa shape index (κ2) is 11.4. The molecule has 1 unspecified atom stereocenters. The third kappa shape index (κ3) is 6.22. The predicted octanol–water partition coefficient (Wildman–Crippen LogP) is 5.35. The second-order valence-corrected chi connectivity index (χ2v) is 8.97. The van der Waals surface area contributed by atoms with Crippen LogP contribution in [0.4, 0.5) is 21.8 Å². The fraction of sp³-hybridized carbons (Fsp3) is 0.357. The average molecular weight is 507 g/mol. The zero-order chi connectivity index (χ0) is 26.5. The van der Waals surface area contributed by atoms with E-state index in [9.17, 15) is 14.0 Å². The van der Waals surface area contributed by atoms with Crippen LogP contribution in [0.2, 0.25) is 0 Å². The first kappa shape index (κ1) is 26.1. The maximum atomic E-state index is 13.3. The molecule has 3 aromatic rings. The Balaban J connectivity index is 1.49. The van der Waals surface area contributed by atoms with Crippen molar-refractivity contribution in [1.29, 1.82) is 0 Å². The number of benzene rings is 2. The van der Waals surface area contributed by atoms with Crippen molar-refractivity contribution < 1.29 is 23.5 Å². The van der Waals surface area contributed by atoms with E-state index in [1.54, 1.807) is 25.1 Å². The zero-order valence-electron chi connectivity index (χ0n) is 21.5. The summed E-state index contributed by atoms with van der Waals surface area (Å²) in [6, 6.07) is 11.7. The number of fused-ring (bicyclic) bond motifs is 1. The van der Waals surface area contributed by atoms with Crippen LogP contribution in [0.5, 0.6) is 5.75 Å². The van der Waals surface area contributed by atoms with Gasteiger partial charge in [-0.1, -0.05) is 6.07 Å². The molecule has 0 radical (unpaired) electrons. The molecule has 0 saturated heterocycles. The van der Waals surface area contributed by atoms with Gasteiger partial charge in [-0.15, -0.1) is 0 Å². The Labute approximate surface area is 215 Å². The van der Waals surface area contributed by atoms with Gasteiger partial charge in [0.05, 0.1) is 25.5 Å². The Hall–Kier alpha value is -4.01. The molecule has 8 nitrogen and oxygen atoms in total. The number of anilines is 3. The van der Waals surface area contributed by atoms with E-state index in [-0.39, 0.29) is 31.3 Å². The summed E-state index contributed by atoms with van der Waals surface area (Å²) in [4.78, 5) is 35.3. The zero-order valence-corrected chi connectivity index (χ0v) is 21.5. The van der Waals surface area contributed by atoms with Gasteiger partial charge in [-0.05, 0) is 81.6 Å². The summed E-state index contributed by atoms with van der Waals surface area (Å²) >= 11 is 0. The van der Waals surface area contributed by atoms with Crippen molar-refractivity contribution in [3.05, 3.63) is 70.7 Å². The first-order chi connectivity index (χ1) is 17.7. The van der Waals surface area contributed by atoms with Gasteiger partial charge in [0.25, 0.3) is 0 Å². The summed E-state index contributed by atoms with van der Waals surface area (Å²) in [5, 5.41) is 3.17. The van der Waals surface area contributed by atoms with Gasteiger partial charge < -0.3 is 19.7 Å². The molecule has 0 saturated carbocycles. The third-order valence-corrected chi connectivity index (χ3v) is 6.46. The van der Waals surface area contributed by atoms with E-state index in [4.69, 9.17) is 14.5 Å². The largest absolute Gasteiger partial charge is 0.466 e. The number of aryl methyl sites for hydroxylation is 1. The van der Waals surface area contributed by atoms with E-state index in [1.807, 2.05) is 26.0 Å². The summed E-state index contributed by atoms with van der Waals surface area (Å²) in [5.41, 5.74) is 4.79. The lowest BCUT2D eigenvalue weighted by Crippen LogP contribution is -2.35. The summed E-state index contributed by atoms with van der Waals surface area (Å²) in [7, 11) is 0. The van der Waals surface area contributed by atoms with Gasteiger partial charge in [0.2, 0.25) is 5.95 Å². The summed E-state index contributed by atoms with van der Waals surface area (Å²) in [6.07, 6.45) is 0.719. The smallest absolute Gasteiger partial charge is 0.311 e. The van der Waals surface area contributed by atoms with E-state index in [2.05, 4.69) is 22.1 Å². The van der Waals surface area contributed by atoms with Gasteiger partial charge >= 0.3 is 11.9 Å². The number of nitrogens with zero attached hydrogens (tertiary/aromatic N) is 3. The Morgan fingerprint density at radius 1 is 1.08 bits per heavy atom. The molecule has 2 heterocycles. The first-order valence-electron chi connectivity index (χ1n) is 12.4. The van der Waals surface area contributed by atoms with Crippen molar-refractivity contribution in [3.8, 4) is 5.75 Å². The standard InChI is InChI=1S/C28H31FN4O4/c1-5-36-25(34)12-13-26(35)37-23-10-11-24-19(4)33(15-14-20(24)16-23)27-17(2)18(3)30-28(32-27)31-22-8-6-21(29)7-9-22/h6-11,16,19H,5,12-15H2,1-4H3,(H,30,31,32). The van der Waals surface area contributed by atoms with E-state index in [0.717, 1.165) is 41.2 Å². The minimum atomic E-state index is -0.466. The van der Waals surface area contributed by atoms with Crippen LogP contribution < -0.4 is 15.0 Å². The second-order valence-electron chi connectivity index (χ2n) is 8.97. The van der Waals surface area contributed by atoms with Crippen LogP contribution >= 0.6 is 0 Å². The molecule has 1 N–H and O–H groups in total. The molecular formula is C28H31FN4O4. The highest BCUT2D eigenvalue weighted by atomic mass is 19.1. The molecule has 194 valence electrons. The lowest BCUT2D eigenvalue weighted by Gasteiger charge is -2.37. The van der Waals surface area contributed by atoms with Crippen LogP contribution in [-0.4, -0.2) is 35.1 Å². The number of carbonyl (C=O) groups is 2. The topological polar surface area (TPSA) is 93.7 Å². The van der Waals surface area contributed by atoms with Crippen LogP contribution in [0.25, 0.3) is 0 Å². The molecule has 0 bridgehead atoms. The molecule has 1 aliphatic rings. The first-order valence-corrected chi connectivity index (χ1v) is 12.4. The van der Waals surface area contributed by atoms with Gasteiger partial charge in [0.15, 0.2) is 0 Å². The number of aromatic nitrogens is 2. The number of carbonyl (C=O) groups excluding carboxylic acids is 2. The maximum absolute atomic E-state index is 13.3.